The van der Waals surface area contributed by atoms with Gasteiger partial charge in [0.1, 0.15) is 5.82 Å². The van der Waals surface area contributed by atoms with Crippen LogP contribution < -0.4 is 10.9 Å². The highest BCUT2D eigenvalue weighted by Gasteiger charge is 2.39. The van der Waals surface area contributed by atoms with E-state index in [0.29, 0.717) is 6.04 Å². The van der Waals surface area contributed by atoms with E-state index < -0.39 is 0 Å². The van der Waals surface area contributed by atoms with Crippen LogP contribution in [0.5, 0.6) is 0 Å². The number of halogens is 1. The van der Waals surface area contributed by atoms with Crippen molar-refractivity contribution in [2.75, 3.05) is 25.4 Å². The molecule has 156 valence electrons. The number of aryl methyl sites for hydroxylation is 2. The molecule has 1 aromatic carbocycles. The molecule has 0 spiro atoms. The molecule has 1 aromatic heterocycles. The maximum atomic E-state index is 12.4. The number of benzene rings is 1. The Hall–Kier alpha value is -1.34. The molecule has 5 nitrogen and oxygen atoms in total. The number of hydrogen-bond donors (Lipinski definition) is 2. The molecule has 0 radical (unpaired) electrons. The smallest absolute Gasteiger partial charge is 0.255 e. The first kappa shape index (κ1) is 20.9. The molecule has 0 saturated carbocycles. The first-order chi connectivity index (χ1) is 14.0. The summed E-state index contributed by atoms with van der Waals surface area (Å²) in [5.41, 5.74) is 3.12. The average molecular weight is 433 g/mol. The van der Waals surface area contributed by atoms with Crippen molar-refractivity contribution in [1.29, 1.82) is 0 Å². The van der Waals surface area contributed by atoms with Gasteiger partial charge in [0.25, 0.3) is 5.56 Å². The molecule has 0 amide bonds. The summed E-state index contributed by atoms with van der Waals surface area (Å²) in [4.78, 5) is 22.7. The SMILES string of the molecule is C[C@@H]1CNC[C@@](C)(c2ccc(Cl)cc2)N1CCCc1nc2c(c(=O)[nH]1)CSCC2. The van der Waals surface area contributed by atoms with E-state index in [2.05, 4.69) is 41.2 Å². The highest BCUT2D eigenvalue weighted by atomic mass is 35.5. The predicted octanol–water partition coefficient (Wildman–Crippen LogP) is 3.35. The number of piperazine rings is 1. The van der Waals surface area contributed by atoms with E-state index >= 15 is 0 Å². The van der Waals surface area contributed by atoms with Crippen molar-refractivity contribution in [3.8, 4) is 0 Å². The molecule has 0 bridgehead atoms. The highest BCUT2D eigenvalue weighted by molar-refractivity contribution is 7.98. The Labute approximate surface area is 181 Å². The Morgan fingerprint density at radius 3 is 2.93 bits per heavy atom. The van der Waals surface area contributed by atoms with Crippen LogP contribution in [0.4, 0.5) is 0 Å². The van der Waals surface area contributed by atoms with E-state index in [4.69, 9.17) is 16.6 Å². The van der Waals surface area contributed by atoms with Crippen LogP contribution in [0.15, 0.2) is 29.1 Å². The zero-order chi connectivity index (χ0) is 20.4. The Balaban J connectivity index is 1.48. The fourth-order valence-electron chi connectivity index (χ4n) is 4.60. The Morgan fingerprint density at radius 1 is 1.34 bits per heavy atom. The van der Waals surface area contributed by atoms with E-state index in [1.165, 1.54) is 5.56 Å². The summed E-state index contributed by atoms with van der Waals surface area (Å²) in [6, 6.07) is 8.64. The molecule has 0 aliphatic carbocycles. The van der Waals surface area contributed by atoms with Gasteiger partial charge in [0.05, 0.1) is 11.2 Å². The molecule has 7 heteroatoms. The maximum Gasteiger partial charge on any atom is 0.255 e. The summed E-state index contributed by atoms with van der Waals surface area (Å²) in [6.07, 6.45) is 2.66. The minimum Gasteiger partial charge on any atom is -0.313 e. The van der Waals surface area contributed by atoms with Gasteiger partial charge in [0.2, 0.25) is 0 Å². The fourth-order valence-corrected chi connectivity index (χ4v) is 5.71. The molecule has 2 aliphatic heterocycles. The highest BCUT2D eigenvalue weighted by Crippen LogP contribution is 2.33. The number of rotatable bonds is 5. The van der Waals surface area contributed by atoms with Gasteiger partial charge in [-0.05, 0) is 56.7 Å². The Kier molecular flexibility index (Phi) is 6.35. The minimum absolute atomic E-state index is 0.0544. The van der Waals surface area contributed by atoms with E-state index in [9.17, 15) is 4.79 Å². The molecular weight excluding hydrogens is 404 g/mol. The van der Waals surface area contributed by atoms with Crippen LogP contribution in [0, 0.1) is 0 Å². The summed E-state index contributed by atoms with van der Waals surface area (Å²) in [6.45, 7) is 7.42. The van der Waals surface area contributed by atoms with E-state index in [1.807, 2.05) is 23.9 Å². The summed E-state index contributed by atoms with van der Waals surface area (Å²) < 4.78 is 0. The zero-order valence-electron chi connectivity index (χ0n) is 17.1. The number of aromatic amines is 1. The van der Waals surface area contributed by atoms with Crippen molar-refractivity contribution in [2.45, 2.75) is 50.4 Å². The van der Waals surface area contributed by atoms with Crippen molar-refractivity contribution >= 4 is 23.4 Å². The van der Waals surface area contributed by atoms with Crippen molar-refractivity contribution in [3.05, 3.63) is 62.3 Å². The molecule has 2 aromatic rings. The largest absolute Gasteiger partial charge is 0.313 e. The van der Waals surface area contributed by atoms with Crippen LogP contribution in [-0.2, 0) is 24.1 Å². The number of thioether (sulfide) groups is 1. The number of fused-ring (bicyclic) bond motifs is 1. The lowest BCUT2D eigenvalue weighted by molar-refractivity contribution is 0.0282. The summed E-state index contributed by atoms with van der Waals surface area (Å²) in [5.74, 6) is 2.67. The third-order valence-corrected chi connectivity index (χ3v) is 7.47. The van der Waals surface area contributed by atoms with Gasteiger partial charge in [0.15, 0.2) is 0 Å². The first-order valence-electron chi connectivity index (χ1n) is 10.4. The second-order valence-electron chi connectivity index (χ2n) is 8.30. The van der Waals surface area contributed by atoms with Crippen molar-refractivity contribution in [1.82, 2.24) is 20.2 Å². The van der Waals surface area contributed by atoms with Crippen LogP contribution in [0.1, 0.15) is 42.9 Å². The predicted molar refractivity (Wildman–Crippen MR) is 121 cm³/mol. The van der Waals surface area contributed by atoms with Crippen LogP contribution in [0.25, 0.3) is 0 Å². The molecule has 0 unspecified atom stereocenters. The van der Waals surface area contributed by atoms with Gasteiger partial charge in [-0.25, -0.2) is 4.98 Å². The second-order valence-corrected chi connectivity index (χ2v) is 9.84. The van der Waals surface area contributed by atoms with Gasteiger partial charge in [-0.1, -0.05) is 23.7 Å². The maximum absolute atomic E-state index is 12.4. The molecule has 2 aliphatic rings. The van der Waals surface area contributed by atoms with Crippen LogP contribution in [-0.4, -0.2) is 46.3 Å². The first-order valence-corrected chi connectivity index (χ1v) is 11.9. The number of hydrogen-bond acceptors (Lipinski definition) is 5. The summed E-state index contributed by atoms with van der Waals surface area (Å²) in [5, 5.41) is 4.35. The normalized spacial score (nSPS) is 25.0. The van der Waals surface area contributed by atoms with Gasteiger partial charge in [-0.2, -0.15) is 11.8 Å². The fraction of sp³-hybridized carbons (Fsp3) is 0.545. The monoisotopic (exact) mass is 432 g/mol. The van der Waals surface area contributed by atoms with E-state index in [0.717, 1.165) is 72.5 Å². The van der Waals surface area contributed by atoms with Gasteiger partial charge in [-0.15, -0.1) is 0 Å². The van der Waals surface area contributed by atoms with Crippen LogP contribution >= 0.6 is 23.4 Å². The lowest BCUT2D eigenvalue weighted by Crippen LogP contribution is -2.61. The van der Waals surface area contributed by atoms with Gasteiger partial charge >= 0.3 is 0 Å². The molecule has 29 heavy (non-hydrogen) atoms. The second kappa shape index (κ2) is 8.80. The van der Waals surface area contributed by atoms with Crippen molar-refractivity contribution < 1.29 is 0 Å². The summed E-state index contributed by atoms with van der Waals surface area (Å²) >= 11 is 7.92. The molecule has 2 atom stereocenters. The van der Waals surface area contributed by atoms with Gasteiger partial charge < -0.3 is 10.3 Å². The quantitative estimate of drug-likeness (QED) is 0.758. The van der Waals surface area contributed by atoms with Crippen LogP contribution in [0.2, 0.25) is 5.02 Å². The molecule has 4 rings (SSSR count). The number of nitrogens with one attached hydrogen (secondary N) is 2. The van der Waals surface area contributed by atoms with Gasteiger partial charge in [-0.3, -0.25) is 9.69 Å². The van der Waals surface area contributed by atoms with E-state index in [1.54, 1.807) is 0 Å². The van der Waals surface area contributed by atoms with E-state index in [-0.39, 0.29) is 11.1 Å². The lowest BCUT2D eigenvalue weighted by Gasteiger charge is -2.49. The molecule has 2 N–H and O–H groups in total. The van der Waals surface area contributed by atoms with Crippen molar-refractivity contribution in [2.24, 2.45) is 0 Å². The standard InChI is InChI=1S/C22H29ClN4OS/c1-15-12-24-14-22(2,16-5-7-17(23)8-6-16)27(15)10-3-4-20-25-19-9-11-29-13-18(19)21(28)26-20/h5-8,15,24H,3-4,9-14H2,1-2H3,(H,25,26,28)/t15-,22+/m1/s1. The average Bonchev–Trinajstić information content (AvgIpc) is 2.71. The zero-order valence-corrected chi connectivity index (χ0v) is 18.7. The molecular formula is C22H29ClN4OS. The summed E-state index contributed by atoms with van der Waals surface area (Å²) in [7, 11) is 0. The topological polar surface area (TPSA) is 61.0 Å². The minimum atomic E-state index is -0.0871. The lowest BCUT2D eigenvalue weighted by atomic mass is 9.86. The molecule has 1 fully saturated rings. The number of nitrogens with zero attached hydrogens (tertiary/aromatic N) is 2. The molecule has 1 saturated heterocycles. The number of H-pyrrole nitrogens is 1. The Bertz CT molecular complexity index is 916. The van der Waals surface area contributed by atoms with Crippen molar-refractivity contribution in [3.63, 3.8) is 0 Å². The number of aromatic nitrogens is 2. The van der Waals surface area contributed by atoms with Crippen LogP contribution in [0.3, 0.4) is 0 Å². The third kappa shape index (κ3) is 4.41. The third-order valence-electron chi connectivity index (χ3n) is 6.23. The Morgan fingerprint density at radius 2 is 2.14 bits per heavy atom. The van der Waals surface area contributed by atoms with Gasteiger partial charge in [0, 0.05) is 41.9 Å². The molecule has 3 heterocycles.